The standard InChI is InChI=1S/C10H17NOS/c1-2-10(7-11,8-12)6-9-4-3-5-13-9/h3-5,12H,2,6-8,11H2,1H3. The van der Waals surface area contributed by atoms with E-state index < -0.39 is 0 Å². The summed E-state index contributed by atoms with van der Waals surface area (Å²) < 4.78 is 0. The van der Waals surface area contributed by atoms with Crippen molar-refractivity contribution in [3.8, 4) is 0 Å². The Hall–Kier alpha value is -0.380. The number of rotatable bonds is 5. The zero-order chi connectivity index (χ0) is 9.73. The van der Waals surface area contributed by atoms with Gasteiger partial charge in [-0.05, 0) is 24.3 Å². The van der Waals surface area contributed by atoms with E-state index in [1.807, 2.05) is 6.07 Å². The lowest BCUT2D eigenvalue weighted by Crippen LogP contribution is -2.35. The fraction of sp³-hybridized carbons (Fsp3) is 0.600. The van der Waals surface area contributed by atoms with Gasteiger partial charge in [-0.2, -0.15) is 0 Å². The molecule has 0 fully saturated rings. The molecule has 1 atom stereocenters. The number of aliphatic hydroxyl groups is 1. The van der Waals surface area contributed by atoms with Crippen LogP contribution in [0.4, 0.5) is 0 Å². The molecule has 1 rings (SSSR count). The maximum atomic E-state index is 9.30. The van der Waals surface area contributed by atoms with Gasteiger partial charge >= 0.3 is 0 Å². The van der Waals surface area contributed by atoms with Crippen molar-refractivity contribution in [3.05, 3.63) is 22.4 Å². The highest BCUT2D eigenvalue weighted by molar-refractivity contribution is 7.09. The third-order valence-corrected chi connectivity index (χ3v) is 3.52. The van der Waals surface area contributed by atoms with Gasteiger partial charge < -0.3 is 10.8 Å². The van der Waals surface area contributed by atoms with Gasteiger partial charge in [0.1, 0.15) is 0 Å². The molecule has 3 heteroatoms. The van der Waals surface area contributed by atoms with Crippen molar-refractivity contribution >= 4 is 11.3 Å². The predicted molar refractivity (Wildman–Crippen MR) is 56.9 cm³/mol. The molecule has 1 aromatic rings. The van der Waals surface area contributed by atoms with E-state index in [-0.39, 0.29) is 12.0 Å². The van der Waals surface area contributed by atoms with E-state index in [1.165, 1.54) is 4.88 Å². The second kappa shape index (κ2) is 4.74. The van der Waals surface area contributed by atoms with Crippen LogP contribution in [0.5, 0.6) is 0 Å². The molecular weight excluding hydrogens is 182 g/mol. The van der Waals surface area contributed by atoms with E-state index in [2.05, 4.69) is 18.4 Å². The van der Waals surface area contributed by atoms with E-state index in [9.17, 15) is 5.11 Å². The highest BCUT2D eigenvalue weighted by Crippen LogP contribution is 2.27. The van der Waals surface area contributed by atoms with Crippen LogP contribution >= 0.6 is 11.3 Å². The summed E-state index contributed by atoms with van der Waals surface area (Å²) >= 11 is 1.73. The molecule has 0 radical (unpaired) electrons. The van der Waals surface area contributed by atoms with Crippen LogP contribution in [0.15, 0.2) is 17.5 Å². The van der Waals surface area contributed by atoms with E-state index in [0.29, 0.717) is 6.54 Å². The van der Waals surface area contributed by atoms with Crippen molar-refractivity contribution in [2.24, 2.45) is 11.1 Å². The third-order valence-electron chi connectivity index (χ3n) is 2.65. The number of hydrogen-bond donors (Lipinski definition) is 2. The molecule has 0 aliphatic carbocycles. The minimum absolute atomic E-state index is 0.106. The molecule has 3 N–H and O–H groups in total. The summed E-state index contributed by atoms with van der Waals surface area (Å²) in [5, 5.41) is 11.4. The molecule has 0 aliphatic heterocycles. The number of thiophene rings is 1. The zero-order valence-electron chi connectivity index (χ0n) is 7.99. The highest BCUT2D eigenvalue weighted by atomic mass is 32.1. The first-order valence-corrected chi connectivity index (χ1v) is 5.47. The summed E-state index contributed by atoms with van der Waals surface area (Å²) in [6, 6.07) is 4.13. The lowest BCUT2D eigenvalue weighted by molar-refractivity contribution is 0.128. The van der Waals surface area contributed by atoms with Crippen molar-refractivity contribution in [2.45, 2.75) is 19.8 Å². The number of hydrogen-bond acceptors (Lipinski definition) is 3. The molecule has 1 unspecified atom stereocenters. The van der Waals surface area contributed by atoms with Crippen molar-refractivity contribution in [1.29, 1.82) is 0 Å². The average molecular weight is 199 g/mol. The van der Waals surface area contributed by atoms with Crippen LogP contribution in [-0.4, -0.2) is 18.3 Å². The summed E-state index contributed by atoms with van der Waals surface area (Å²) in [5.41, 5.74) is 5.58. The molecule has 2 nitrogen and oxygen atoms in total. The maximum Gasteiger partial charge on any atom is 0.0502 e. The van der Waals surface area contributed by atoms with Crippen molar-refractivity contribution < 1.29 is 5.11 Å². The van der Waals surface area contributed by atoms with Gasteiger partial charge in [-0.15, -0.1) is 11.3 Å². The minimum Gasteiger partial charge on any atom is -0.396 e. The van der Waals surface area contributed by atoms with Crippen LogP contribution < -0.4 is 5.73 Å². The van der Waals surface area contributed by atoms with Crippen molar-refractivity contribution in [1.82, 2.24) is 0 Å². The van der Waals surface area contributed by atoms with Crippen LogP contribution in [0.1, 0.15) is 18.2 Å². The molecule has 0 saturated heterocycles. The van der Waals surface area contributed by atoms with Crippen molar-refractivity contribution in [2.75, 3.05) is 13.2 Å². The van der Waals surface area contributed by atoms with Gasteiger partial charge in [-0.1, -0.05) is 13.0 Å². The summed E-state index contributed by atoms with van der Waals surface area (Å²) in [6.45, 7) is 2.81. The Morgan fingerprint density at radius 1 is 1.62 bits per heavy atom. The van der Waals surface area contributed by atoms with Gasteiger partial charge in [0.05, 0.1) is 6.61 Å². The predicted octanol–water partition coefficient (Wildman–Crippen LogP) is 1.64. The molecule has 1 heterocycles. The molecule has 1 aromatic heterocycles. The fourth-order valence-corrected chi connectivity index (χ4v) is 2.24. The topological polar surface area (TPSA) is 46.2 Å². The molecule has 0 bridgehead atoms. The Bertz CT molecular complexity index is 221. The molecule has 0 amide bonds. The van der Waals surface area contributed by atoms with Crippen LogP contribution in [0.25, 0.3) is 0 Å². The van der Waals surface area contributed by atoms with Crippen LogP contribution in [0.2, 0.25) is 0 Å². The normalized spacial score (nSPS) is 15.6. The second-order valence-electron chi connectivity index (χ2n) is 3.47. The first-order chi connectivity index (χ1) is 6.26. The summed E-state index contributed by atoms with van der Waals surface area (Å²) in [5.74, 6) is 0. The maximum absolute atomic E-state index is 9.30. The Labute approximate surface area is 83.4 Å². The number of nitrogens with two attached hydrogens (primary N) is 1. The summed E-state index contributed by atoms with van der Waals surface area (Å²) in [4.78, 5) is 1.31. The fourth-order valence-electron chi connectivity index (χ4n) is 1.36. The molecule has 0 aliphatic rings. The van der Waals surface area contributed by atoms with E-state index in [4.69, 9.17) is 5.73 Å². The Morgan fingerprint density at radius 3 is 2.77 bits per heavy atom. The van der Waals surface area contributed by atoms with Crippen molar-refractivity contribution in [3.63, 3.8) is 0 Å². The van der Waals surface area contributed by atoms with Crippen LogP contribution in [-0.2, 0) is 6.42 Å². The van der Waals surface area contributed by atoms with E-state index in [0.717, 1.165) is 12.8 Å². The van der Waals surface area contributed by atoms with Gasteiger partial charge in [0.15, 0.2) is 0 Å². The lowest BCUT2D eigenvalue weighted by Gasteiger charge is -2.28. The smallest absolute Gasteiger partial charge is 0.0502 e. The van der Waals surface area contributed by atoms with Gasteiger partial charge in [0, 0.05) is 16.8 Å². The lowest BCUT2D eigenvalue weighted by atomic mass is 9.82. The van der Waals surface area contributed by atoms with E-state index >= 15 is 0 Å². The highest BCUT2D eigenvalue weighted by Gasteiger charge is 2.26. The molecule has 0 aromatic carbocycles. The molecule has 13 heavy (non-hydrogen) atoms. The van der Waals surface area contributed by atoms with Gasteiger partial charge in [0.25, 0.3) is 0 Å². The zero-order valence-corrected chi connectivity index (χ0v) is 8.81. The second-order valence-corrected chi connectivity index (χ2v) is 4.50. The average Bonchev–Trinajstić information content (AvgIpc) is 2.67. The first-order valence-electron chi connectivity index (χ1n) is 4.59. The Kier molecular flexibility index (Phi) is 3.90. The SMILES string of the molecule is CCC(CN)(CO)Cc1cccs1. The van der Waals surface area contributed by atoms with Crippen LogP contribution in [0.3, 0.4) is 0 Å². The monoisotopic (exact) mass is 199 g/mol. The minimum atomic E-state index is -0.106. The van der Waals surface area contributed by atoms with Gasteiger partial charge in [0.2, 0.25) is 0 Å². The molecular formula is C10H17NOS. The van der Waals surface area contributed by atoms with Crippen LogP contribution in [0, 0.1) is 5.41 Å². The Morgan fingerprint density at radius 2 is 2.38 bits per heavy atom. The van der Waals surface area contributed by atoms with Gasteiger partial charge in [-0.25, -0.2) is 0 Å². The molecule has 0 spiro atoms. The van der Waals surface area contributed by atoms with Gasteiger partial charge in [-0.3, -0.25) is 0 Å². The first kappa shape index (κ1) is 10.7. The Balaban J connectivity index is 2.67. The quantitative estimate of drug-likeness (QED) is 0.757. The largest absolute Gasteiger partial charge is 0.396 e. The summed E-state index contributed by atoms with van der Waals surface area (Å²) in [6.07, 6.45) is 1.83. The number of aliphatic hydroxyl groups excluding tert-OH is 1. The molecule has 74 valence electrons. The summed E-state index contributed by atoms with van der Waals surface area (Å²) in [7, 11) is 0. The van der Waals surface area contributed by atoms with E-state index in [1.54, 1.807) is 11.3 Å². The molecule has 0 saturated carbocycles. The third kappa shape index (κ3) is 2.53.